The molecule has 0 saturated heterocycles. The third kappa shape index (κ3) is 7.69. The number of rotatable bonds is 11. The third-order valence-corrected chi connectivity index (χ3v) is 6.64. The normalized spacial score (nSPS) is 14.5. The van der Waals surface area contributed by atoms with Crippen molar-refractivity contribution in [1.29, 1.82) is 0 Å². The first-order chi connectivity index (χ1) is 15.7. The molecule has 9 heteroatoms. The Morgan fingerprint density at radius 2 is 1.64 bits per heavy atom. The van der Waals surface area contributed by atoms with Crippen LogP contribution in [-0.4, -0.2) is 49.2 Å². The van der Waals surface area contributed by atoms with Crippen LogP contribution in [0.1, 0.15) is 44.1 Å². The van der Waals surface area contributed by atoms with E-state index in [1.165, 1.54) is 0 Å². The zero-order valence-electron chi connectivity index (χ0n) is 19.6. The lowest BCUT2D eigenvalue weighted by atomic mass is 10.1. The first-order valence-corrected chi connectivity index (χ1v) is 12.4. The van der Waals surface area contributed by atoms with Crippen LogP contribution in [0.15, 0.2) is 35.3 Å². The second-order valence-corrected chi connectivity index (χ2v) is 9.49. The number of nitrogens with two attached hydrogens (primary N) is 1. The van der Waals surface area contributed by atoms with Crippen LogP contribution in [0.5, 0.6) is 17.2 Å². The average molecular weight is 516 g/mol. The molecule has 3 atom stereocenters. The monoisotopic (exact) mass is 514 g/mol. The van der Waals surface area contributed by atoms with Crippen LogP contribution in [0.3, 0.4) is 0 Å². The molecule has 33 heavy (non-hydrogen) atoms. The van der Waals surface area contributed by atoms with Gasteiger partial charge < -0.3 is 25.1 Å². The van der Waals surface area contributed by atoms with E-state index in [4.69, 9.17) is 43.1 Å². The van der Waals surface area contributed by atoms with Gasteiger partial charge in [0.2, 0.25) is 0 Å². The Balaban J connectivity index is 2.20. The van der Waals surface area contributed by atoms with E-state index in [0.29, 0.717) is 40.5 Å². The van der Waals surface area contributed by atoms with Crippen molar-refractivity contribution >= 4 is 40.0 Å². The largest absolute Gasteiger partial charge is 0.490 e. The molecule has 0 aliphatic heterocycles. The molecular weight excluding hydrogens is 483 g/mol. The molecule has 0 saturated carbocycles. The molecule has 0 aliphatic carbocycles. The molecule has 2 aromatic rings. The summed E-state index contributed by atoms with van der Waals surface area (Å²) in [6.07, 6.45) is -0.698. The number of benzene rings is 2. The molecule has 0 radical (unpaired) electrons. The lowest BCUT2D eigenvalue weighted by molar-refractivity contribution is 0.131. The van der Waals surface area contributed by atoms with Crippen LogP contribution < -0.4 is 19.9 Å². The Morgan fingerprint density at radius 1 is 1.03 bits per heavy atom. The SMILES string of the molecule is CCOc1ccc(C(=NC)SC(C)c2cc(Cl)c(OC[C@H](N)[C@@H](C)O)c(Cl)c2)cc1OCC. The van der Waals surface area contributed by atoms with Gasteiger partial charge in [0.05, 0.1) is 40.4 Å². The molecule has 0 fully saturated rings. The summed E-state index contributed by atoms with van der Waals surface area (Å²) in [6.45, 7) is 8.74. The highest BCUT2D eigenvalue weighted by Gasteiger charge is 2.19. The van der Waals surface area contributed by atoms with E-state index >= 15 is 0 Å². The molecule has 2 rings (SSSR count). The van der Waals surface area contributed by atoms with E-state index in [9.17, 15) is 5.11 Å². The fourth-order valence-corrected chi connectivity index (χ4v) is 4.53. The van der Waals surface area contributed by atoms with Gasteiger partial charge in [-0.25, -0.2) is 0 Å². The van der Waals surface area contributed by atoms with E-state index < -0.39 is 12.1 Å². The lowest BCUT2D eigenvalue weighted by Gasteiger charge is -2.19. The number of hydrogen-bond acceptors (Lipinski definition) is 7. The molecule has 1 unspecified atom stereocenters. The van der Waals surface area contributed by atoms with Crippen LogP contribution in [0.4, 0.5) is 0 Å². The summed E-state index contributed by atoms with van der Waals surface area (Å²) < 4.78 is 17.1. The van der Waals surface area contributed by atoms with Gasteiger partial charge in [-0.3, -0.25) is 4.99 Å². The van der Waals surface area contributed by atoms with Crippen molar-refractivity contribution < 1.29 is 19.3 Å². The van der Waals surface area contributed by atoms with Gasteiger partial charge in [0.25, 0.3) is 0 Å². The summed E-state index contributed by atoms with van der Waals surface area (Å²) >= 11 is 14.5. The van der Waals surface area contributed by atoms with Gasteiger partial charge in [0, 0.05) is 17.9 Å². The van der Waals surface area contributed by atoms with Crippen LogP contribution in [0.25, 0.3) is 0 Å². The van der Waals surface area contributed by atoms with Gasteiger partial charge in [-0.1, -0.05) is 35.0 Å². The minimum Gasteiger partial charge on any atom is -0.490 e. The molecule has 0 bridgehead atoms. The molecule has 182 valence electrons. The number of hydrogen-bond donors (Lipinski definition) is 2. The number of ether oxygens (including phenoxy) is 3. The molecule has 0 aliphatic rings. The van der Waals surface area contributed by atoms with Gasteiger partial charge in [-0.15, -0.1) is 0 Å². The Hall–Kier alpha value is -1.64. The van der Waals surface area contributed by atoms with E-state index in [2.05, 4.69) is 11.9 Å². The van der Waals surface area contributed by atoms with Gasteiger partial charge >= 0.3 is 0 Å². The van der Waals surface area contributed by atoms with Crippen molar-refractivity contribution in [2.45, 2.75) is 45.1 Å². The minimum atomic E-state index is -0.698. The van der Waals surface area contributed by atoms with Crippen LogP contribution in [-0.2, 0) is 0 Å². The highest BCUT2D eigenvalue weighted by molar-refractivity contribution is 8.14. The molecular formula is C24H32Cl2N2O4S. The second kappa shape index (κ2) is 13.3. The van der Waals surface area contributed by atoms with Crippen molar-refractivity contribution in [3.63, 3.8) is 0 Å². The second-order valence-electron chi connectivity index (χ2n) is 7.35. The van der Waals surface area contributed by atoms with Crippen molar-refractivity contribution in [3.05, 3.63) is 51.5 Å². The average Bonchev–Trinajstić information content (AvgIpc) is 2.77. The minimum absolute atomic E-state index is 0.00887. The maximum absolute atomic E-state index is 9.54. The maximum Gasteiger partial charge on any atom is 0.161 e. The summed E-state index contributed by atoms with van der Waals surface area (Å²) in [5.41, 5.74) is 7.69. The lowest BCUT2D eigenvalue weighted by Crippen LogP contribution is -2.38. The number of aliphatic imine (C=N–C) groups is 1. The van der Waals surface area contributed by atoms with Crippen molar-refractivity contribution in [1.82, 2.24) is 0 Å². The molecule has 0 aromatic heterocycles. The summed E-state index contributed by atoms with van der Waals surface area (Å²) in [6, 6.07) is 8.93. The standard InChI is InChI=1S/C24H32Cl2N2O4S/c1-6-30-21-9-8-16(12-22(21)31-7-2)24(28-5)33-15(4)17-10-18(25)23(19(26)11-17)32-13-20(27)14(3)29/h8-12,14-15,20,29H,6-7,13,27H2,1-5H3/t14-,15?,20+/m1/s1. The van der Waals surface area contributed by atoms with Crippen molar-refractivity contribution in [2.75, 3.05) is 26.9 Å². The summed E-state index contributed by atoms with van der Waals surface area (Å²) in [7, 11) is 1.76. The quantitative estimate of drug-likeness (QED) is 0.293. The Kier molecular flexibility index (Phi) is 11.1. The first-order valence-electron chi connectivity index (χ1n) is 10.8. The van der Waals surface area contributed by atoms with Gasteiger partial charge in [-0.2, -0.15) is 0 Å². The van der Waals surface area contributed by atoms with E-state index in [0.717, 1.165) is 16.2 Å². The molecule has 2 aromatic carbocycles. The number of halogens is 2. The van der Waals surface area contributed by atoms with Crippen molar-refractivity contribution in [2.24, 2.45) is 10.7 Å². The smallest absolute Gasteiger partial charge is 0.161 e. The van der Waals surface area contributed by atoms with E-state index in [-0.39, 0.29) is 11.9 Å². The fourth-order valence-electron chi connectivity index (χ4n) is 2.94. The predicted molar refractivity (Wildman–Crippen MR) is 139 cm³/mol. The summed E-state index contributed by atoms with van der Waals surface area (Å²) in [5, 5.41) is 11.2. The highest BCUT2D eigenvalue weighted by atomic mass is 35.5. The van der Waals surface area contributed by atoms with Gasteiger partial charge in [0.15, 0.2) is 17.2 Å². The van der Waals surface area contributed by atoms with E-state index in [1.54, 1.807) is 25.7 Å². The van der Waals surface area contributed by atoms with Crippen LogP contribution >= 0.6 is 35.0 Å². The number of nitrogens with zero attached hydrogens (tertiary/aromatic N) is 1. The molecule has 6 nitrogen and oxygen atoms in total. The maximum atomic E-state index is 9.54. The van der Waals surface area contributed by atoms with Crippen LogP contribution in [0, 0.1) is 0 Å². The van der Waals surface area contributed by atoms with Crippen molar-refractivity contribution in [3.8, 4) is 17.2 Å². The number of aliphatic hydroxyl groups is 1. The Morgan fingerprint density at radius 3 is 2.18 bits per heavy atom. The molecule has 0 heterocycles. The highest BCUT2D eigenvalue weighted by Crippen LogP contribution is 2.40. The molecule has 3 N–H and O–H groups in total. The zero-order chi connectivity index (χ0) is 24.5. The topological polar surface area (TPSA) is 86.3 Å². The fraction of sp³-hybridized carbons (Fsp3) is 0.458. The number of aliphatic hydroxyl groups excluding tert-OH is 1. The number of thioether (sulfide) groups is 1. The van der Waals surface area contributed by atoms with Gasteiger partial charge in [-0.05, 0) is 63.6 Å². The Bertz CT molecular complexity index is 933. The third-order valence-electron chi connectivity index (χ3n) is 4.81. The Labute approximate surface area is 210 Å². The van der Waals surface area contributed by atoms with Gasteiger partial charge in [0.1, 0.15) is 6.61 Å². The predicted octanol–water partition coefficient (Wildman–Crippen LogP) is 5.75. The van der Waals surface area contributed by atoms with Crippen LogP contribution in [0.2, 0.25) is 10.0 Å². The molecule has 0 amide bonds. The first kappa shape index (κ1) is 27.6. The molecule has 0 spiro atoms. The van der Waals surface area contributed by atoms with E-state index in [1.807, 2.05) is 44.2 Å². The summed E-state index contributed by atoms with van der Waals surface area (Å²) in [4.78, 5) is 4.48. The summed E-state index contributed by atoms with van der Waals surface area (Å²) in [5.74, 6) is 1.75. The zero-order valence-corrected chi connectivity index (χ0v) is 21.9.